The normalized spacial score (nSPS) is 13.5. The molecule has 0 heterocycles. The first kappa shape index (κ1) is 14.3. The fraction of sp³-hybridized carbons (Fsp3) is 0.571. The zero-order chi connectivity index (χ0) is 13.1. The Morgan fingerprint density at radius 1 is 1.35 bits per heavy atom. The molecule has 0 spiro atoms. The lowest BCUT2D eigenvalue weighted by Crippen LogP contribution is -2.22. The van der Waals surface area contributed by atoms with Crippen LogP contribution in [-0.2, 0) is 0 Å². The Morgan fingerprint density at radius 3 is 2.41 bits per heavy atom. The van der Waals surface area contributed by atoms with Gasteiger partial charge >= 0.3 is 0 Å². The Hall–Kier alpha value is -0.730. The number of hydrogen-bond acceptors (Lipinski definition) is 2. The predicted octanol–water partition coefficient (Wildman–Crippen LogP) is 4.05. The average molecular weight is 256 g/mol. The van der Waals surface area contributed by atoms with Gasteiger partial charge in [0.2, 0.25) is 0 Å². The monoisotopic (exact) mass is 255 g/mol. The molecule has 0 aliphatic heterocycles. The molecule has 2 nitrogen and oxygen atoms in total. The minimum atomic E-state index is 0.278. The molecule has 1 aromatic rings. The molecule has 0 aliphatic carbocycles. The van der Waals surface area contributed by atoms with Crippen molar-refractivity contribution in [1.29, 1.82) is 0 Å². The van der Waals surface area contributed by atoms with E-state index in [1.807, 2.05) is 19.2 Å². The van der Waals surface area contributed by atoms with E-state index in [1.54, 1.807) is 7.11 Å². The number of halogens is 1. The van der Waals surface area contributed by atoms with Crippen LogP contribution in [0, 0.1) is 5.41 Å². The number of rotatable bonds is 4. The van der Waals surface area contributed by atoms with E-state index in [2.05, 4.69) is 32.2 Å². The van der Waals surface area contributed by atoms with Crippen molar-refractivity contribution in [2.45, 2.75) is 33.2 Å². The molecule has 0 aromatic heterocycles. The van der Waals surface area contributed by atoms with Crippen molar-refractivity contribution in [3.63, 3.8) is 0 Å². The van der Waals surface area contributed by atoms with Gasteiger partial charge in [0, 0.05) is 6.04 Å². The van der Waals surface area contributed by atoms with E-state index in [4.69, 9.17) is 16.3 Å². The molecule has 1 aromatic carbocycles. The molecule has 1 rings (SSSR count). The van der Waals surface area contributed by atoms with Gasteiger partial charge in [0.1, 0.15) is 5.75 Å². The topological polar surface area (TPSA) is 21.3 Å². The Kier molecular flexibility index (Phi) is 4.84. The Bertz CT molecular complexity index is 371. The van der Waals surface area contributed by atoms with Crippen LogP contribution in [0.2, 0.25) is 5.02 Å². The van der Waals surface area contributed by atoms with E-state index >= 15 is 0 Å². The fourth-order valence-corrected chi connectivity index (χ4v) is 2.16. The molecule has 0 saturated carbocycles. The minimum absolute atomic E-state index is 0.278. The fourth-order valence-electron chi connectivity index (χ4n) is 1.90. The van der Waals surface area contributed by atoms with Crippen molar-refractivity contribution in [2.24, 2.45) is 5.41 Å². The van der Waals surface area contributed by atoms with E-state index in [-0.39, 0.29) is 5.41 Å². The first-order valence-corrected chi connectivity index (χ1v) is 6.26. The number of methoxy groups -OCH3 is 1. The molecule has 0 amide bonds. The Labute approximate surface area is 109 Å². The molecule has 0 saturated heterocycles. The summed E-state index contributed by atoms with van der Waals surface area (Å²) in [5.74, 6) is 0.723. The van der Waals surface area contributed by atoms with E-state index in [9.17, 15) is 0 Å². The molecule has 96 valence electrons. The van der Waals surface area contributed by atoms with Gasteiger partial charge in [-0.1, -0.05) is 38.4 Å². The smallest absolute Gasteiger partial charge is 0.137 e. The predicted molar refractivity (Wildman–Crippen MR) is 73.9 cm³/mol. The highest BCUT2D eigenvalue weighted by molar-refractivity contribution is 6.32. The summed E-state index contributed by atoms with van der Waals surface area (Å²) < 4.78 is 5.16. The molecule has 0 bridgehead atoms. The summed E-state index contributed by atoms with van der Waals surface area (Å²) in [5.41, 5.74) is 1.48. The third kappa shape index (κ3) is 4.21. The van der Waals surface area contributed by atoms with Crippen LogP contribution in [0.1, 0.15) is 38.8 Å². The van der Waals surface area contributed by atoms with Crippen molar-refractivity contribution >= 4 is 11.6 Å². The Morgan fingerprint density at radius 2 is 2.00 bits per heavy atom. The number of hydrogen-bond donors (Lipinski definition) is 1. The van der Waals surface area contributed by atoms with Crippen LogP contribution >= 0.6 is 11.6 Å². The first-order chi connectivity index (χ1) is 7.87. The van der Waals surface area contributed by atoms with E-state index in [0.717, 1.165) is 12.2 Å². The second kappa shape index (κ2) is 5.74. The van der Waals surface area contributed by atoms with Gasteiger partial charge in [0.25, 0.3) is 0 Å². The van der Waals surface area contributed by atoms with Gasteiger partial charge in [0.15, 0.2) is 0 Å². The van der Waals surface area contributed by atoms with Crippen LogP contribution in [0.25, 0.3) is 0 Å². The van der Waals surface area contributed by atoms with Crippen molar-refractivity contribution in [2.75, 3.05) is 14.2 Å². The summed E-state index contributed by atoms with van der Waals surface area (Å²) >= 11 is 6.15. The first-order valence-electron chi connectivity index (χ1n) is 5.88. The van der Waals surface area contributed by atoms with Crippen molar-refractivity contribution in [3.8, 4) is 5.75 Å². The summed E-state index contributed by atoms with van der Waals surface area (Å²) in [6.45, 7) is 6.72. The summed E-state index contributed by atoms with van der Waals surface area (Å²) in [7, 11) is 3.61. The lowest BCUT2D eigenvalue weighted by Gasteiger charge is -2.26. The standard InChI is InChI=1S/C14H22ClNO/c1-14(2,3)9-12(16-4)10-6-7-13(17-5)11(15)8-10/h6-8,12,16H,9H2,1-5H3. The van der Waals surface area contributed by atoms with Crippen molar-refractivity contribution in [3.05, 3.63) is 28.8 Å². The zero-order valence-corrected chi connectivity index (χ0v) is 12.1. The van der Waals surface area contributed by atoms with Crippen molar-refractivity contribution < 1.29 is 4.74 Å². The molecule has 0 radical (unpaired) electrons. The van der Waals surface area contributed by atoms with E-state index in [0.29, 0.717) is 11.1 Å². The van der Waals surface area contributed by atoms with Gasteiger partial charge in [-0.3, -0.25) is 0 Å². The van der Waals surface area contributed by atoms with Crippen LogP contribution in [0.4, 0.5) is 0 Å². The highest BCUT2D eigenvalue weighted by atomic mass is 35.5. The second-order valence-electron chi connectivity index (χ2n) is 5.50. The minimum Gasteiger partial charge on any atom is -0.495 e. The van der Waals surface area contributed by atoms with Crippen LogP contribution in [0.5, 0.6) is 5.75 Å². The summed E-state index contributed by atoms with van der Waals surface area (Å²) in [4.78, 5) is 0. The molecular weight excluding hydrogens is 234 g/mol. The van der Waals surface area contributed by atoms with Gasteiger partial charge in [-0.15, -0.1) is 0 Å². The van der Waals surface area contributed by atoms with E-state index < -0.39 is 0 Å². The van der Waals surface area contributed by atoms with Crippen LogP contribution < -0.4 is 10.1 Å². The summed E-state index contributed by atoms with van der Waals surface area (Å²) in [6, 6.07) is 6.29. The van der Waals surface area contributed by atoms with Crippen molar-refractivity contribution in [1.82, 2.24) is 5.32 Å². The Balaban J connectivity index is 2.93. The number of nitrogens with one attached hydrogen (secondary N) is 1. The molecule has 17 heavy (non-hydrogen) atoms. The molecule has 0 fully saturated rings. The molecule has 1 N–H and O–H groups in total. The third-order valence-electron chi connectivity index (χ3n) is 2.74. The zero-order valence-electron chi connectivity index (χ0n) is 11.3. The van der Waals surface area contributed by atoms with Gasteiger partial charge in [-0.25, -0.2) is 0 Å². The maximum Gasteiger partial charge on any atom is 0.137 e. The molecule has 1 unspecified atom stereocenters. The second-order valence-corrected chi connectivity index (χ2v) is 5.91. The largest absolute Gasteiger partial charge is 0.495 e. The molecule has 3 heteroatoms. The average Bonchev–Trinajstić information content (AvgIpc) is 2.24. The summed E-state index contributed by atoms with van der Waals surface area (Å²) in [5, 5.41) is 4.01. The molecule has 1 atom stereocenters. The number of ether oxygens (including phenoxy) is 1. The summed E-state index contributed by atoms with van der Waals surface area (Å²) in [6.07, 6.45) is 1.06. The van der Waals surface area contributed by atoms with Gasteiger partial charge in [0.05, 0.1) is 12.1 Å². The highest BCUT2D eigenvalue weighted by Crippen LogP contribution is 2.33. The lowest BCUT2D eigenvalue weighted by molar-refractivity contribution is 0.320. The highest BCUT2D eigenvalue weighted by Gasteiger charge is 2.19. The van der Waals surface area contributed by atoms with E-state index in [1.165, 1.54) is 5.56 Å². The van der Waals surface area contributed by atoms with Crippen LogP contribution in [0.15, 0.2) is 18.2 Å². The molecule has 0 aliphatic rings. The van der Waals surface area contributed by atoms with Gasteiger partial charge in [-0.05, 0) is 36.6 Å². The maximum absolute atomic E-state index is 6.15. The maximum atomic E-state index is 6.15. The number of benzene rings is 1. The quantitative estimate of drug-likeness (QED) is 0.877. The van der Waals surface area contributed by atoms with Crippen LogP contribution in [0.3, 0.4) is 0 Å². The SMILES string of the molecule is CNC(CC(C)(C)C)c1ccc(OC)c(Cl)c1. The van der Waals surface area contributed by atoms with Gasteiger partial charge < -0.3 is 10.1 Å². The third-order valence-corrected chi connectivity index (χ3v) is 3.04. The van der Waals surface area contributed by atoms with Crippen LogP contribution in [-0.4, -0.2) is 14.2 Å². The molecular formula is C14H22ClNO. The lowest BCUT2D eigenvalue weighted by atomic mass is 9.85. The van der Waals surface area contributed by atoms with Gasteiger partial charge in [-0.2, -0.15) is 0 Å².